The fourth-order valence-corrected chi connectivity index (χ4v) is 3.14. The number of halogens is 1. The van der Waals surface area contributed by atoms with Gasteiger partial charge in [-0.2, -0.15) is 0 Å². The van der Waals surface area contributed by atoms with E-state index >= 15 is 0 Å². The Hall–Kier alpha value is -2.28. The molecule has 1 aliphatic carbocycles. The van der Waals surface area contributed by atoms with E-state index in [9.17, 15) is 14.4 Å². The lowest BCUT2D eigenvalue weighted by Gasteiger charge is -2.26. The van der Waals surface area contributed by atoms with Crippen molar-refractivity contribution in [2.24, 2.45) is 5.92 Å². The lowest BCUT2D eigenvalue weighted by Crippen LogP contribution is -2.44. The van der Waals surface area contributed by atoms with Crippen molar-refractivity contribution in [2.75, 3.05) is 11.9 Å². The average Bonchev–Trinajstić information content (AvgIpc) is 2.59. The first-order chi connectivity index (χ1) is 12.4. The Morgan fingerprint density at radius 2 is 1.88 bits per heavy atom. The number of carbonyl (C=O) groups excluding carboxylic acids is 2. The van der Waals surface area contributed by atoms with Crippen LogP contribution in [0, 0.1) is 12.8 Å². The number of amides is 3. The van der Waals surface area contributed by atoms with Crippen molar-refractivity contribution >= 4 is 35.2 Å². The van der Waals surface area contributed by atoms with Gasteiger partial charge in [-0.1, -0.05) is 17.7 Å². The van der Waals surface area contributed by atoms with Crippen LogP contribution in [0.2, 0.25) is 5.02 Å². The van der Waals surface area contributed by atoms with Crippen molar-refractivity contribution in [2.45, 2.75) is 45.1 Å². The zero-order chi connectivity index (χ0) is 19.1. The molecule has 3 amide bonds. The quantitative estimate of drug-likeness (QED) is 0.607. The van der Waals surface area contributed by atoms with Gasteiger partial charge in [-0.3, -0.25) is 9.59 Å². The van der Waals surface area contributed by atoms with Gasteiger partial charge in [-0.15, -0.1) is 0 Å². The van der Waals surface area contributed by atoms with Crippen molar-refractivity contribution in [3.8, 4) is 0 Å². The van der Waals surface area contributed by atoms with E-state index in [-0.39, 0.29) is 36.9 Å². The average molecular weight is 382 g/mol. The number of rotatable bonds is 6. The maximum absolute atomic E-state index is 12.0. The summed E-state index contributed by atoms with van der Waals surface area (Å²) < 4.78 is 0. The number of carboxylic acids is 1. The van der Waals surface area contributed by atoms with Crippen molar-refractivity contribution in [1.29, 1.82) is 0 Å². The molecule has 26 heavy (non-hydrogen) atoms. The Kier molecular flexibility index (Phi) is 7.26. The molecule has 2 rings (SSSR count). The summed E-state index contributed by atoms with van der Waals surface area (Å²) in [6.45, 7) is 2.03. The van der Waals surface area contributed by atoms with Crippen LogP contribution in [0.25, 0.3) is 0 Å². The molecule has 0 saturated heterocycles. The maximum Gasteiger partial charge on any atom is 0.315 e. The van der Waals surface area contributed by atoms with Crippen LogP contribution >= 0.6 is 11.6 Å². The highest BCUT2D eigenvalue weighted by molar-refractivity contribution is 6.31. The first-order valence-electron chi connectivity index (χ1n) is 8.69. The number of urea groups is 1. The van der Waals surface area contributed by atoms with Gasteiger partial charge in [0.15, 0.2) is 0 Å². The van der Waals surface area contributed by atoms with E-state index in [4.69, 9.17) is 16.7 Å². The number of aliphatic carboxylic acids is 1. The van der Waals surface area contributed by atoms with Crippen LogP contribution in [0.5, 0.6) is 0 Å². The lowest BCUT2D eigenvalue weighted by molar-refractivity contribution is -0.142. The predicted molar refractivity (Wildman–Crippen MR) is 99.4 cm³/mol. The van der Waals surface area contributed by atoms with Gasteiger partial charge in [0.2, 0.25) is 5.91 Å². The molecule has 0 aromatic heterocycles. The molecular weight excluding hydrogens is 358 g/mol. The molecule has 0 atom stereocenters. The Balaban J connectivity index is 1.66. The van der Waals surface area contributed by atoms with E-state index in [1.54, 1.807) is 18.2 Å². The molecule has 1 fully saturated rings. The molecule has 1 aliphatic rings. The van der Waals surface area contributed by atoms with Crippen LogP contribution in [-0.4, -0.2) is 35.6 Å². The van der Waals surface area contributed by atoms with Gasteiger partial charge in [0.1, 0.15) is 0 Å². The third-order valence-corrected chi connectivity index (χ3v) is 5.00. The molecule has 4 N–H and O–H groups in total. The summed E-state index contributed by atoms with van der Waals surface area (Å²) in [5.41, 5.74) is 1.45. The summed E-state index contributed by atoms with van der Waals surface area (Å²) in [5.74, 6) is -1.29. The Labute approximate surface area is 157 Å². The molecule has 1 aromatic rings. The SMILES string of the molecule is Cc1c(Cl)cccc1NC(=O)CCNC(=O)NC1CCC(C(=O)O)CC1. The molecule has 142 valence electrons. The summed E-state index contributed by atoms with van der Waals surface area (Å²) in [5, 5.41) is 17.8. The molecule has 0 bridgehead atoms. The van der Waals surface area contributed by atoms with Crippen LogP contribution in [0.3, 0.4) is 0 Å². The zero-order valence-corrected chi connectivity index (χ0v) is 15.4. The van der Waals surface area contributed by atoms with Crippen LogP contribution in [0.15, 0.2) is 18.2 Å². The molecule has 0 spiro atoms. The highest BCUT2D eigenvalue weighted by Gasteiger charge is 2.26. The van der Waals surface area contributed by atoms with Crippen LogP contribution < -0.4 is 16.0 Å². The number of hydrogen-bond donors (Lipinski definition) is 4. The fraction of sp³-hybridized carbons (Fsp3) is 0.500. The first-order valence-corrected chi connectivity index (χ1v) is 9.06. The molecule has 0 aliphatic heterocycles. The predicted octanol–water partition coefficient (Wildman–Crippen LogP) is 2.92. The van der Waals surface area contributed by atoms with Gasteiger partial charge in [0.05, 0.1) is 5.92 Å². The molecule has 7 nitrogen and oxygen atoms in total. The topological polar surface area (TPSA) is 108 Å². The van der Waals surface area contributed by atoms with E-state index in [2.05, 4.69) is 16.0 Å². The van der Waals surface area contributed by atoms with Gasteiger partial charge in [-0.25, -0.2) is 4.79 Å². The highest BCUT2D eigenvalue weighted by Crippen LogP contribution is 2.24. The molecule has 0 heterocycles. The maximum atomic E-state index is 12.0. The molecule has 0 radical (unpaired) electrons. The molecular formula is C18H24ClN3O4. The van der Waals surface area contributed by atoms with Crippen molar-refractivity contribution in [1.82, 2.24) is 10.6 Å². The second-order valence-corrected chi connectivity index (χ2v) is 6.90. The van der Waals surface area contributed by atoms with E-state index in [1.165, 1.54) is 0 Å². The minimum atomic E-state index is -0.770. The fourth-order valence-electron chi connectivity index (χ4n) is 2.97. The summed E-state index contributed by atoms with van der Waals surface area (Å²) in [6.07, 6.45) is 2.59. The molecule has 8 heteroatoms. The van der Waals surface area contributed by atoms with Crippen molar-refractivity contribution in [3.05, 3.63) is 28.8 Å². The van der Waals surface area contributed by atoms with Crippen molar-refractivity contribution < 1.29 is 19.5 Å². The van der Waals surface area contributed by atoms with Crippen molar-refractivity contribution in [3.63, 3.8) is 0 Å². The summed E-state index contributed by atoms with van der Waals surface area (Å²) in [7, 11) is 0. The first kappa shape index (κ1) is 20.0. The molecule has 0 unspecified atom stereocenters. The van der Waals surface area contributed by atoms with E-state index in [0.29, 0.717) is 36.4 Å². The molecule has 1 aromatic carbocycles. The smallest absolute Gasteiger partial charge is 0.315 e. The van der Waals surface area contributed by atoms with E-state index in [1.807, 2.05) is 6.92 Å². The summed E-state index contributed by atoms with van der Waals surface area (Å²) >= 11 is 6.01. The minimum Gasteiger partial charge on any atom is -0.481 e. The van der Waals surface area contributed by atoms with E-state index < -0.39 is 5.97 Å². The summed E-state index contributed by atoms with van der Waals surface area (Å²) in [6, 6.07) is 4.93. The van der Waals surface area contributed by atoms with Gasteiger partial charge in [0, 0.05) is 29.7 Å². The van der Waals surface area contributed by atoms with E-state index in [0.717, 1.165) is 5.56 Å². The minimum absolute atomic E-state index is 0.0199. The number of nitrogens with one attached hydrogen (secondary N) is 3. The second kappa shape index (κ2) is 9.43. The number of carbonyl (C=O) groups is 3. The third-order valence-electron chi connectivity index (χ3n) is 4.59. The second-order valence-electron chi connectivity index (χ2n) is 6.50. The molecule has 1 saturated carbocycles. The Bertz CT molecular complexity index is 672. The Morgan fingerprint density at radius 1 is 1.19 bits per heavy atom. The van der Waals surface area contributed by atoms with Gasteiger partial charge in [0.25, 0.3) is 0 Å². The normalized spacial score (nSPS) is 19.5. The highest BCUT2D eigenvalue weighted by atomic mass is 35.5. The van der Waals surface area contributed by atoms with Gasteiger partial charge in [-0.05, 0) is 50.3 Å². The van der Waals surface area contributed by atoms with Crippen LogP contribution in [0.1, 0.15) is 37.7 Å². The number of carboxylic acid groups (broad SMARTS) is 1. The van der Waals surface area contributed by atoms with Gasteiger partial charge >= 0.3 is 12.0 Å². The monoisotopic (exact) mass is 381 g/mol. The van der Waals surface area contributed by atoms with Crippen LogP contribution in [0.4, 0.5) is 10.5 Å². The van der Waals surface area contributed by atoms with Gasteiger partial charge < -0.3 is 21.1 Å². The van der Waals surface area contributed by atoms with Crippen LogP contribution in [-0.2, 0) is 9.59 Å². The zero-order valence-electron chi connectivity index (χ0n) is 14.7. The lowest BCUT2D eigenvalue weighted by atomic mass is 9.86. The summed E-state index contributed by atoms with van der Waals surface area (Å²) in [4.78, 5) is 34.8. The number of anilines is 1. The number of benzene rings is 1. The largest absolute Gasteiger partial charge is 0.481 e. The standard InChI is InChI=1S/C18H24ClN3O4/c1-11-14(19)3-2-4-15(11)22-16(23)9-10-20-18(26)21-13-7-5-12(6-8-13)17(24)25/h2-4,12-13H,5-10H2,1H3,(H,22,23)(H,24,25)(H2,20,21,26). The third kappa shape index (κ3) is 5.91. The Morgan fingerprint density at radius 3 is 2.54 bits per heavy atom. The number of hydrogen-bond acceptors (Lipinski definition) is 3.